The standard InChI is InChI=1S/C31H36N2O3/c1-32(21-13-12-16-24-14-6-3-7-15-24)27-22-28(31(35)36-2)33(23-27)30(34)29(25-17-8-4-9-18-25)26-19-10-5-11-20-26/h3-11,14-15,17-20,27-29H,12-13,16,21-23H2,1-2H3. The minimum Gasteiger partial charge on any atom is -0.467 e. The predicted molar refractivity (Wildman–Crippen MR) is 143 cm³/mol. The minimum atomic E-state index is -0.575. The summed E-state index contributed by atoms with van der Waals surface area (Å²) in [6, 6.07) is 29.7. The Morgan fingerprint density at radius 3 is 2.00 bits per heavy atom. The van der Waals surface area contributed by atoms with Gasteiger partial charge in [0.05, 0.1) is 13.0 Å². The zero-order chi connectivity index (χ0) is 25.3. The molecule has 2 unspecified atom stereocenters. The molecule has 5 nitrogen and oxygen atoms in total. The predicted octanol–water partition coefficient (Wildman–Crippen LogP) is 4.92. The van der Waals surface area contributed by atoms with Crippen molar-refractivity contribution in [3.05, 3.63) is 108 Å². The Hall–Kier alpha value is -3.44. The van der Waals surface area contributed by atoms with Crippen LogP contribution in [0.2, 0.25) is 0 Å². The van der Waals surface area contributed by atoms with Crippen molar-refractivity contribution in [3.63, 3.8) is 0 Å². The second kappa shape index (κ2) is 12.5. The van der Waals surface area contributed by atoms with Gasteiger partial charge in [0, 0.05) is 12.6 Å². The van der Waals surface area contributed by atoms with Crippen LogP contribution in [0.4, 0.5) is 0 Å². The van der Waals surface area contributed by atoms with E-state index in [1.54, 1.807) is 4.90 Å². The van der Waals surface area contributed by atoms with Gasteiger partial charge in [0.2, 0.25) is 5.91 Å². The van der Waals surface area contributed by atoms with Crippen LogP contribution in [0.5, 0.6) is 0 Å². The van der Waals surface area contributed by atoms with Gasteiger partial charge in [0.15, 0.2) is 0 Å². The Morgan fingerprint density at radius 2 is 1.44 bits per heavy atom. The highest BCUT2D eigenvalue weighted by Gasteiger charge is 2.44. The largest absolute Gasteiger partial charge is 0.467 e. The summed E-state index contributed by atoms with van der Waals surface area (Å²) >= 11 is 0. The van der Waals surface area contributed by atoms with Crippen LogP contribution in [0.15, 0.2) is 91.0 Å². The number of ether oxygens (including phenoxy) is 1. The quantitative estimate of drug-likeness (QED) is 0.303. The van der Waals surface area contributed by atoms with Gasteiger partial charge in [-0.05, 0) is 56.0 Å². The van der Waals surface area contributed by atoms with Crippen LogP contribution in [0.1, 0.15) is 41.9 Å². The van der Waals surface area contributed by atoms with Crippen molar-refractivity contribution in [2.75, 3.05) is 27.2 Å². The third-order valence-corrected chi connectivity index (χ3v) is 7.24. The molecule has 1 heterocycles. The van der Waals surface area contributed by atoms with Gasteiger partial charge in [-0.2, -0.15) is 0 Å². The van der Waals surface area contributed by atoms with Crippen molar-refractivity contribution >= 4 is 11.9 Å². The smallest absolute Gasteiger partial charge is 0.328 e. The first kappa shape index (κ1) is 25.6. The normalized spacial score (nSPS) is 17.5. The molecule has 188 valence electrons. The molecule has 1 fully saturated rings. The third kappa shape index (κ3) is 6.21. The van der Waals surface area contributed by atoms with Crippen LogP contribution >= 0.6 is 0 Å². The number of benzene rings is 3. The lowest BCUT2D eigenvalue weighted by Crippen LogP contribution is -2.44. The summed E-state index contributed by atoms with van der Waals surface area (Å²) in [5.74, 6) is -0.861. The molecule has 3 aromatic rings. The number of carbonyl (C=O) groups is 2. The van der Waals surface area contributed by atoms with E-state index < -0.39 is 12.0 Å². The second-order valence-corrected chi connectivity index (χ2v) is 9.60. The number of esters is 1. The van der Waals surface area contributed by atoms with Gasteiger partial charge >= 0.3 is 5.97 Å². The highest BCUT2D eigenvalue weighted by Crippen LogP contribution is 2.32. The summed E-state index contributed by atoms with van der Waals surface area (Å²) in [5, 5.41) is 0. The average molecular weight is 485 g/mol. The lowest BCUT2D eigenvalue weighted by Gasteiger charge is -2.29. The van der Waals surface area contributed by atoms with E-state index in [0.717, 1.165) is 36.9 Å². The summed E-state index contributed by atoms with van der Waals surface area (Å²) in [7, 11) is 3.50. The zero-order valence-electron chi connectivity index (χ0n) is 21.3. The second-order valence-electron chi connectivity index (χ2n) is 9.60. The van der Waals surface area contributed by atoms with E-state index in [9.17, 15) is 9.59 Å². The van der Waals surface area contributed by atoms with Gasteiger partial charge in [-0.1, -0.05) is 91.0 Å². The molecule has 1 saturated heterocycles. The summed E-state index contributed by atoms with van der Waals surface area (Å²) < 4.78 is 5.13. The number of unbranched alkanes of at least 4 members (excludes halogenated alkanes) is 1. The molecule has 2 atom stereocenters. The summed E-state index contributed by atoms with van der Waals surface area (Å²) in [6.07, 6.45) is 3.82. The van der Waals surface area contributed by atoms with E-state index in [-0.39, 0.29) is 17.9 Å². The number of likely N-dealkylation sites (N-methyl/N-ethyl adjacent to an activating group) is 1. The van der Waals surface area contributed by atoms with Gasteiger partial charge in [-0.15, -0.1) is 0 Å². The molecule has 0 bridgehead atoms. The van der Waals surface area contributed by atoms with Gasteiger partial charge < -0.3 is 14.5 Å². The Labute approximate surface area is 214 Å². The summed E-state index contributed by atoms with van der Waals surface area (Å²) in [6.45, 7) is 1.44. The molecule has 0 aliphatic carbocycles. The van der Waals surface area contributed by atoms with E-state index in [0.29, 0.717) is 13.0 Å². The van der Waals surface area contributed by atoms with Crippen LogP contribution in [0.3, 0.4) is 0 Å². The van der Waals surface area contributed by atoms with Gasteiger partial charge in [0.25, 0.3) is 0 Å². The molecule has 4 rings (SSSR count). The first-order valence-electron chi connectivity index (χ1n) is 12.8. The summed E-state index contributed by atoms with van der Waals surface area (Å²) in [4.78, 5) is 30.9. The molecule has 0 saturated carbocycles. The minimum absolute atomic E-state index is 0.0530. The third-order valence-electron chi connectivity index (χ3n) is 7.24. The lowest BCUT2D eigenvalue weighted by atomic mass is 9.90. The maximum atomic E-state index is 14.1. The maximum Gasteiger partial charge on any atom is 0.328 e. The van der Waals surface area contributed by atoms with Crippen LogP contribution in [0, 0.1) is 0 Å². The molecule has 1 aliphatic heterocycles. The molecular weight excluding hydrogens is 448 g/mol. The molecule has 0 radical (unpaired) electrons. The monoisotopic (exact) mass is 484 g/mol. The maximum absolute atomic E-state index is 14.1. The fraction of sp³-hybridized carbons (Fsp3) is 0.355. The highest BCUT2D eigenvalue weighted by atomic mass is 16.5. The number of carbonyl (C=O) groups excluding carboxylic acids is 2. The van der Waals surface area contributed by atoms with Crippen molar-refractivity contribution < 1.29 is 14.3 Å². The molecular formula is C31H36N2O3. The lowest BCUT2D eigenvalue weighted by molar-refractivity contribution is -0.151. The molecule has 0 aromatic heterocycles. The fourth-order valence-corrected chi connectivity index (χ4v) is 5.19. The molecule has 1 aliphatic rings. The van der Waals surface area contributed by atoms with Crippen LogP contribution in [0.25, 0.3) is 0 Å². The zero-order valence-corrected chi connectivity index (χ0v) is 21.3. The number of amides is 1. The van der Waals surface area contributed by atoms with E-state index in [1.165, 1.54) is 12.7 Å². The Kier molecular flexibility index (Phi) is 8.90. The van der Waals surface area contributed by atoms with Gasteiger partial charge in [0.1, 0.15) is 6.04 Å². The van der Waals surface area contributed by atoms with Crippen molar-refractivity contribution in [3.8, 4) is 0 Å². The van der Waals surface area contributed by atoms with Crippen molar-refractivity contribution in [1.29, 1.82) is 0 Å². The first-order valence-corrected chi connectivity index (χ1v) is 12.8. The van der Waals surface area contributed by atoms with E-state index in [2.05, 4.69) is 36.2 Å². The number of likely N-dealkylation sites (tertiary alicyclic amines) is 1. The van der Waals surface area contributed by atoms with Gasteiger partial charge in [-0.3, -0.25) is 4.79 Å². The molecule has 0 N–H and O–H groups in total. The molecule has 3 aromatic carbocycles. The SMILES string of the molecule is COC(=O)C1CC(N(C)CCCCc2ccccc2)CN1C(=O)C(c1ccccc1)c1ccccc1. The van der Waals surface area contributed by atoms with Crippen LogP contribution in [-0.4, -0.2) is 61.0 Å². The molecule has 1 amide bonds. The van der Waals surface area contributed by atoms with Crippen molar-refractivity contribution in [2.24, 2.45) is 0 Å². The number of hydrogen-bond donors (Lipinski definition) is 0. The Morgan fingerprint density at radius 1 is 0.889 bits per heavy atom. The fourth-order valence-electron chi connectivity index (χ4n) is 5.19. The first-order chi connectivity index (χ1) is 17.6. The average Bonchev–Trinajstić information content (AvgIpc) is 3.38. The van der Waals surface area contributed by atoms with Gasteiger partial charge in [-0.25, -0.2) is 4.79 Å². The topological polar surface area (TPSA) is 49.9 Å². The van der Waals surface area contributed by atoms with Crippen LogP contribution in [-0.2, 0) is 20.7 Å². The molecule has 5 heteroatoms. The number of aryl methyl sites for hydroxylation is 1. The Balaban J connectivity index is 1.47. The van der Waals surface area contributed by atoms with E-state index in [1.807, 2.05) is 66.7 Å². The summed E-state index contributed by atoms with van der Waals surface area (Å²) in [5.41, 5.74) is 3.21. The number of nitrogens with zero attached hydrogens (tertiary/aromatic N) is 2. The molecule has 0 spiro atoms. The number of methoxy groups -OCH3 is 1. The molecule has 36 heavy (non-hydrogen) atoms. The van der Waals surface area contributed by atoms with Crippen LogP contribution < -0.4 is 0 Å². The van der Waals surface area contributed by atoms with Crippen molar-refractivity contribution in [1.82, 2.24) is 9.80 Å². The van der Waals surface area contributed by atoms with E-state index in [4.69, 9.17) is 4.74 Å². The highest BCUT2D eigenvalue weighted by molar-refractivity contribution is 5.91. The van der Waals surface area contributed by atoms with E-state index >= 15 is 0 Å². The number of rotatable bonds is 10. The Bertz CT molecular complexity index is 1060. The van der Waals surface area contributed by atoms with Crippen molar-refractivity contribution in [2.45, 2.75) is 43.7 Å². The number of hydrogen-bond acceptors (Lipinski definition) is 4.